The van der Waals surface area contributed by atoms with Gasteiger partial charge in [-0.15, -0.1) is 0 Å². The van der Waals surface area contributed by atoms with Crippen LogP contribution in [0.4, 0.5) is 0 Å². The molecule has 1 aromatic rings. The molecule has 5 atom stereocenters. The molecule has 0 aliphatic carbocycles. The third kappa shape index (κ3) is 1.96. The number of benzene rings is 1. The minimum Gasteiger partial charge on any atom is -0.388 e. The lowest BCUT2D eigenvalue weighted by atomic mass is 10.1. The van der Waals surface area contributed by atoms with Gasteiger partial charge in [-0.1, -0.05) is 30.3 Å². The van der Waals surface area contributed by atoms with Gasteiger partial charge in [-0.25, -0.2) is 0 Å². The maximum atomic E-state index is 9.78. The van der Waals surface area contributed by atoms with Crippen LogP contribution in [0.3, 0.4) is 0 Å². The fourth-order valence-corrected chi connectivity index (χ4v) is 2.09. The van der Waals surface area contributed by atoms with Crippen LogP contribution in [-0.4, -0.2) is 41.4 Å². The number of hydrogen-bond acceptors (Lipinski definition) is 5. The molecule has 17 heavy (non-hydrogen) atoms. The largest absolute Gasteiger partial charge is 0.388 e. The average molecular weight is 238 g/mol. The van der Waals surface area contributed by atoms with Gasteiger partial charge in [0.1, 0.15) is 18.3 Å². The van der Waals surface area contributed by atoms with E-state index >= 15 is 0 Å². The van der Waals surface area contributed by atoms with Crippen LogP contribution in [0.1, 0.15) is 11.9 Å². The van der Waals surface area contributed by atoms with Gasteiger partial charge < -0.3 is 24.4 Å². The summed E-state index contributed by atoms with van der Waals surface area (Å²) in [4.78, 5) is 0. The van der Waals surface area contributed by atoms with Crippen LogP contribution in [0.15, 0.2) is 30.3 Å². The average Bonchev–Trinajstić information content (AvgIpc) is 2.80. The smallest absolute Gasteiger partial charge is 0.190 e. The second kappa shape index (κ2) is 4.36. The molecule has 2 fully saturated rings. The molecule has 2 aliphatic rings. The molecule has 2 saturated heterocycles. The van der Waals surface area contributed by atoms with Gasteiger partial charge in [0, 0.05) is 5.56 Å². The molecule has 0 amide bonds. The molecule has 5 heteroatoms. The monoisotopic (exact) mass is 238 g/mol. The Morgan fingerprint density at radius 1 is 1.06 bits per heavy atom. The molecule has 0 aromatic heterocycles. The standard InChI is InChI=1S/C12H14O5/c13-8-6-15-12-10(9(8)14)16-11(17-12)7-4-2-1-3-5-7/h1-5,8-14H,6H2/t8-,9-,10+,11?,12+/m1/s1. The highest BCUT2D eigenvalue weighted by Crippen LogP contribution is 2.35. The molecular formula is C12H14O5. The predicted molar refractivity (Wildman–Crippen MR) is 56.9 cm³/mol. The number of ether oxygens (including phenoxy) is 3. The van der Waals surface area contributed by atoms with Crippen LogP contribution in [0.25, 0.3) is 0 Å². The molecule has 1 unspecified atom stereocenters. The summed E-state index contributed by atoms with van der Waals surface area (Å²) in [5, 5.41) is 19.2. The quantitative estimate of drug-likeness (QED) is 0.730. The molecule has 2 aliphatic heterocycles. The van der Waals surface area contributed by atoms with E-state index in [4.69, 9.17) is 14.2 Å². The predicted octanol–water partition coefficient (Wildman–Crippen LogP) is 0.179. The van der Waals surface area contributed by atoms with Gasteiger partial charge in [-0.3, -0.25) is 0 Å². The second-order valence-corrected chi connectivity index (χ2v) is 4.24. The number of rotatable bonds is 1. The molecule has 0 spiro atoms. The first-order chi connectivity index (χ1) is 8.25. The van der Waals surface area contributed by atoms with E-state index in [0.29, 0.717) is 0 Å². The van der Waals surface area contributed by atoms with Crippen molar-refractivity contribution in [2.24, 2.45) is 0 Å². The van der Waals surface area contributed by atoms with Crippen LogP contribution >= 0.6 is 0 Å². The van der Waals surface area contributed by atoms with Crippen molar-refractivity contribution < 1.29 is 24.4 Å². The van der Waals surface area contributed by atoms with Crippen molar-refractivity contribution in [3.8, 4) is 0 Å². The van der Waals surface area contributed by atoms with Crippen LogP contribution in [0.5, 0.6) is 0 Å². The first-order valence-corrected chi connectivity index (χ1v) is 5.59. The van der Waals surface area contributed by atoms with Gasteiger partial charge in [-0.05, 0) is 0 Å². The van der Waals surface area contributed by atoms with Gasteiger partial charge in [0.2, 0.25) is 0 Å². The van der Waals surface area contributed by atoms with Gasteiger partial charge in [0.05, 0.1) is 6.61 Å². The first-order valence-electron chi connectivity index (χ1n) is 5.59. The minimum atomic E-state index is -0.970. The highest BCUT2D eigenvalue weighted by molar-refractivity contribution is 5.16. The normalized spacial score (nSPS) is 41.2. The third-order valence-electron chi connectivity index (χ3n) is 3.04. The number of fused-ring (bicyclic) bond motifs is 1. The van der Waals surface area contributed by atoms with E-state index in [1.165, 1.54) is 0 Å². The summed E-state index contributed by atoms with van der Waals surface area (Å²) in [6.45, 7) is 0.0627. The van der Waals surface area contributed by atoms with Crippen LogP contribution < -0.4 is 0 Å². The molecule has 2 heterocycles. The molecule has 2 N–H and O–H groups in total. The van der Waals surface area contributed by atoms with Crippen molar-refractivity contribution in [3.05, 3.63) is 35.9 Å². The van der Waals surface area contributed by atoms with Crippen LogP contribution in [-0.2, 0) is 14.2 Å². The van der Waals surface area contributed by atoms with Gasteiger partial charge in [-0.2, -0.15) is 0 Å². The summed E-state index contributed by atoms with van der Waals surface area (Å²) in [5.74, 6) is 0. The Hall–Kier alpha value is -0.980. The van der Waals surface area contributed by atoms with E-state index in [1.54, 1.807) is 0 Å². The summed E-state index contributed by atoms with van der Waals surface area (Å²) >= 11 is 0. The minimum absolute atomic E-state index is 0.0627. The third-order valence-corrected chi connectivity index (χ3v) is 3.04. The van der Waals surface area contributed by atoms with Gasteiger partial charge >= 0.3 is 0 Å². The van der Waals surface area contributed by atoms with E-state index in [0.717, 1.165) is 5.56 Å². The lowest BCUT2D eigenvalue weighted by Crippen LogP contribution is -2.51. The molecule has 5 nitrogen and oxygen atoms in total. The fraction of sp³-hybridized carbons (Fsp3) is 0.500. The summed E-state index contributed by atoms with van der Waals surface area (Å²) in [6, 6.07) is 9.43. The summed E-state index contributed by atoms with van der Waals surface area (Å²) in [5.41, 5.74) is 0.868. The van der Waals surface area contributed by atoms with Crippen LogP contribution in [0, 0.1) is 0 Å². The number of aliphatic hydroxyl groups excluding tert-OH is 2. The zero-order chi connectivity index (χ0) is 11.8. The first kappa shape index (κ1) is 11.1. The van der Waals surface area contributed by atoms with E-state index in [1.807, 2.05) is 30.3 Å². The fourth-order valence-electron chi connectivity index (χ4n) is 2.09. The van der Waals surface area contributed by atoms with E-state index < -0.39 is 30.9 Å². The summed E-state index contributed by atoms with van der Waals surface area (Å²) in [6.07, 6.45) is -3.69. The van der Waals surface area contributed by atoms with Crippen molar-refractivity contribution in [1.82, 2.24) is 0 Å². The van der Waals surface area contributed by atoms with Gasteiger partial charge in [0.15, 0.2) is 12.6 Å². The highest BCUT2D eigenvalue weighted by atomic mass is 16.8. The van der Waals surface area contributed by atoms with Crippen molar-refractivity contribution >= 4 is 0 Å². The van der Waals surface area contributed by atoms with Crippen molar-refractivity contribution in [2.75, 3.05) is 6.61 Å². The molecule has 1 aromatic carbocycles. The number of aliphatic hydroxyl groups is 2. The second-order valence-electron chi connectivity index (χ2n) is 4.24. The highest BCUT2D eigenvalue weighted by Gasteiger charge is 2.47. The van der Waals surface area contributed by atoms with Crippen molar-refractivity contribution in [1.29, 1.82) is 0 Å². The molecule has 0 bridgehead atoms. The zero-order valence-electron chi connectivity index (χ0n) is 9.10. The SMILES string of the molecule is O[C@H]1[C@@H]2OC(c3ccccc3)O[C@@H]2OC[C@H]1O. The van der Waals surface area contributed by atoms with Crippen molar-refractivity contribution in [3.63, 3.8) is 0 Å². The Bertz CT molecular complexity index is 382. The summed E-state index contributed by atoms with van der Waals surface area (Å²) in [7, 11) is 0. The Morgan fingerprint density at radius 2 is 1.82 bits per heavy atom. The van der Waals surface area contributed by atoms with Gasteiger partial charge in [0.25, 0.3) is 0 Å². The molecule has 0 radical (unpaired) electrons. The topological polar surface area (TPSA) is 68.2 Å². The lowest BCUT2D eigenvalue weighted by Gasteiger charge is -2.31. The van der Waals surface area contributed by atoms with E-state index in [2.05, 4.69) is 0 Å². The Labute approximate surface area is 98.5 Å². The van der Waals surface area contributed by atoms with Crippen LogP contribution in [0.2, 0.25) is 0 Å². The summed E-state index contributed by atoms with van der Waals surface area (Å²) < 4.78 is 16.4. The van der Waals surface area contributed by atoms with E-state index in [-0.39, 0.29) is 6.61 Å². The van der Waals surface area contributed by atoms with E-state index in [9.17, 15) is 10.2 Å². The molecule has 92 valence electrons. The molecule has 0 saturated carbocycles. The Balaban J connectivity index is 1.77. The molecular weight excluding hydrogens is 224 g/mol. The maximum Gasteiger partial charge on any atom is 0.190 e. The lowest BCUT2D eigenvalue weighted by molar-refractivity contribution is -0.211. The molecule has 3 rings (SSSR count). The Kier molecular flexibility index (Phi) is 2.85. The van der Waals surface area contributed by atoms with Crippen molar-refractivity contribution in [2.45, 2.75) is 30.9 Å². The Morgan fingerprint density at radius 3 is 2.59 bits per heavy atom. The zero-order valence-corrected chi connectivity index (χ0v) is 9.10. The number of hydrogen-bond donors (Lipinski definition) is 2. The maximum absolute atomic E-state index is 9.78.